The number of carbonyl (C=O) groups is 2. The van der Waals surface area contributed by atoms with Gasteiger partial charge in [0.05, 0.1) is 4.90 Å². The summed E-state index contributed by atoms with van der Waals surface area (Å²) in [4.78, 5) is 28.5. The molecule has 1 heterocycles. The van der Waals surface area contributed by atoms with E-state index >= 15 is 0 Å². The normalized spacial score (nSPS) is 16.1. The molecule has 0 radical (unpaired) electrons. The molecule has 1 fully saturated rings. The molecule has 156 valence electrons. The maximum atomic E-state index is 12.8. The summed E-state index contributed by atoms with van der Waals surface area (Å²) < 4.78 is 30.8. The van der Waals surface area contributed by atoms with Crippen molar-refractivity contribution in [1.82, 2.24) is 14.1 Å². The molecule has 0 unspecified atom stereocenters. The van der Waals surface area contributed by atoms with Crippen molar-refractivity contribution in [2.45, 2.75) is 37.7 Å². The molecule has 0 aromatic heterocycles. The van der Waals surface area contributed by atoms with Crippen LogP contribution >= 0.6 is 0 Å². The summed E-state index contributed by atoms with van der Waals surface area (Å²) >= 11 is 0. The quantitative estimate of drug-likeness (QED) is 0.759. The van der Waals surface area contributed by atoms with Gasteiger partial charge in [-0.25, -0.2) is 17.5 Å². The predicted molar refractivity (Wildman–Crippen MR) is 106 cm³/mol. The van der Waals surface area contributed by atoms with E-state index in [9.17, 15) is 18.0 Å². The summed E-state index contributed by atoms with van der Waals surface area (Å²) in [5.41, 5.74) is -0.142. The van der Waals surface area contributed by atoms with Gasteiger partial charge in [0.1, 0.15) is 5.60 Å². The Morgan fingerprint density at radius 3 is 2.04 bits per heavy atom. The van der Waals surface area contributed by atoms with Crippen LogP contribution in [0.2, 0.25) is 0 Å². The van der Waals surface area contributed by atoms with Gasteiger partial charge >= 0.3 is 6.09 Å². The molecule has 0 bridgehead atoms. The zero-order valence-corrected chi connectivity index (χ0v) is 18.0. The lowest BCUT2D eigenvalue weighted by atomic mass is 10.2. The van der Waals surface area contributed by atoms with Crippen molar-refractivity contribution in [1.29, 1.82) is 0 Å². The van der Waals surface area contributed by atoms with Crippen molar-refractivity contribution in [3.8, 4) is 0 Å². The van der Waals surface area contributed by atoms with Crippen molar-refractivity contribution < 1.29 is 22.7 Å². The van der Waals surface area contributed by atoms with E-state index in [1.807, 2.05) is 20.8 Å². The van der Waals surface area contributed by atoms with Gasteiger partial charge in [0.15, 0.2) is 0 Å². The molecule has 1 aromatic carbocycles. The third kappa shape index (κ3) is 5.45. The van der Waals surface area contributed by atoms with Crippen molar-refractivity contribution >= 4 is 22.0 Å². The van der Waals surface area contributed by atoms with Crippen LogP contribution in [-0.4, -0.2) is 80.4 Å². The topological polar surface area (TPSA) is 87.2 Å². The van der Waals surface area contributed by atoms with Crippen LogP contribution in [0.4, 0.5) is 4.79 Å². The number of hydrogen-bond donors (Lipinski definition) is 0. The first kappa shape index (κ1) is 22.2. The number of rotatable bonds is 3. The van der Waals surface area contributed by atoms with Gasteiger partial charge in [0.2, 0.25) is 10.0 Å². The number of amides is 2. The zero-order chi connectivity index (χ0) is 21.1. The smallest absolute Gasteiger partial charge is 0.410 e. The van der Waals surface area contributed by atoms with Crippen LogP contribution in [0.1, 0.15) is 37.6 Å². The van der Waals surface area contributed by atoms with Gasteiger partial charge in [-0.05, 0) is 51.5 Å². The number of nitrogens with zero attached hydrogens (tertiary/aromatic N) is 3. The van der Waals surface area contributed by atoms with E-state index in [0.29, 0.717) is 38.2 Å². The van der Waals surface area contributed by atoms with Crippen LogP contribution in [0.25, 0.3) is 0 Å². The molecular weight excluding hydrogens is 382 g/mol. The molecule has 2 amide bonds. The second kappa shape index (κ2) is 8.48. The molecule has 9 heteroatoms. The lowest BCUT2D eigenvalue weighted by Gasteiger charge is -2.26. The van der Waals surface area contributed by atoms with E-state index in [0.717, 1.165) is 4.31 Å². The van der Waals surface area contributed by atoms with Crippen LogP contribution in [0.15, 0.2) is 29.2 Å². The molecule has 1 saturated heterocycles. The van der Waals surface area contributed by atoms with Crippen molar-refractivity contribution in [2.24, 2.45) is 0 Å². The Balaban J connectivity index is 2.04. The Kier molecular flexibility index (Phi) is 6.71. The highest BCUT2D eigenvalue weighted by atomic mass is 32.2. The van der Waals surface area contributed by atoms with Crippen molar-refractivity contribution in [2.75, 3.05) is 40.3 Å². The van der Waals surface area contributed by atoms with Gasteiger partial charge in [0, 0.05) is 45.8 Å². The van der Waals surface area contributed by atoms with Gasteiger partial charge in [-0.1, -0.05) is 0 Å². The van der Waals surface area contributed by atoms with Gasteiger partial charge < -0.3 is 14.5 Å². The molecule has 28 heavy (non-hydrogen) atoms. The first-order valence-electron chi connectivity index (χ1n) is 9.21. The number of hydrogen-bond acceptors (Lipinski definition) is 5. The minimum Gasteiger partial charge on any atom is -0.444 e. The fourth-order valence-corrected chi connectivity index (χ4v) is 3.69. The highest BCUT2D eigenvalue weighted by Crippen LogP contribution is 2.17. The molecule has 0 atom stereocenters. The average molecular weight is 412 g/mol. The summed E-state index contributed by atoms with van der Waals surface area (Å²) in [5, 5.41) is 0. The molecule has 1 aliphatic rings. The first-order chi connectivity index (χ1) is 12.9. The number of sulfonamides is 1. The largest absolute Gasteiger partial charge is 0.444 e. The van der Waals surface area contributed by atoms with Crippen LogP contribution < -0.4 is 0 Å². The van der Waals surface area contributed by atoms with Crippen LogP contribution in [0, 0.1) is 0 Å². The van der Waals surface area contributed by atoms with Crippen molar-refractivity contribution in [3.05, 3.63) is 29.8 Å². The van der Waals surface area contributed by atoms with Crippen LogP contribution in [0.5, 0.6) is 0 Å². The molecule has 1 aromatic rings. The number of ether oxygens (including phenoxy) is 1. The predicted octanol–water partition coefficient (Wildman–Crippen LogP) is 2.02. The standard InChI is InChI=1S/C19H29N3O5S/c1-19(2,3)27-18(24)22-12-6-11-21(13-14-22)17(23)15-7-9-16(10-8-15)28(25,26)20(4)5/h7-10H,6,11-14H2,1-5H3. The van der Waals surface area contributed by atoms with Crippen LogP contribution in [-0.2, 0) is 14.8 Å². The summed E-state index contributed by atoms with van der Waals surface area (Å²) in [6.07, 6.45) is 0.276. The molecule has 0 aliphatic carbocycles. The monoisotopic (exact) mass is 411 g/mol. The Bertz CT molecular complexity index is 813. The molecule has 1 aliphatic heterocycles. The molecule has 0 N–H and O–H groups in total. The molecule has 2 rings (SSSR count). The summed E-state index contributed by atoms with van der Waals surface area (Å²) in [7, 11) is -0.611. The molecular formula is C19H29N3O5S. The van der Waals surface area contributed by atoms with Gasteiger partial charge in [-0.3, -0.25) is 4.79 Å². The lowest BCUT2D eigenvalue weighted by Crippen LogP contribution is -2.40. The number of benzene rings is 1. The molecule has 8 nitrogen and oxygen atoms in total. The van der Waals surface area contributed by atoms with Crippen molar-refractivity contribution in [3.63, 3.8) is 0 Å². The Labute approximate surface area is 167 Å². The number of carbonyl (C=O) groups excluding carboxylic acids is 2. The third-order valence-electron chi connectivity index (χ3n) is 4.31. The Morgan fingerprint density at radius 2 is 1.50 bits per heavy atom. The van der Waals surface area contributed by atoms with E-state index in [4.69, 9.17) is 4.74 Å². The summed E-state index contributed by atoms with van der Waals surface area (Å²) in [6, 6.07) is 5.92. The molecule has 0 spiro atoms. The Hall–Kier alpha value is -2.13. The SMILES string of the molecule is CN(C)S(=O)(=O)c1ccc(C(=O)N2CCCN(C(=O)OC(C)(C)C)CC2)cc1. The van der Waals surface area contributed by atoms with E-state index in [1.54, 1.807) is 9.80 Å². The Morgan fingerprint density at radius 1 is 0.964 bits per heavy atom. The van der Waals surface area contributed by atoms with Gasteiger partial charge in [-0.2, -0.15) is 0 Å². The fraction of sp³-hybridized carbons (Fsp3) is 0.579. The second-order valence-corrected chi connectivity index (χ2v) is 10.1. The third-order valence-corrected chi connectivity index (χ3v) is 6.14. The van der Waals surface area contributed by atoms with Gasteiger partial charge in [-0.15, -0.1) is 0 Å². The first-order valence-corrected chi connectivity index (χ1v) is 10.7. The van der Waals surface area contributed by atoms with Crippen LogP contribution in [0.3, 0.4) is 0 Å². The fourth-order valence-electron chi connectivity index (χ4n) is 2.79. The van der Waals surface area contributed by atoms with E-state index in [1.165, 1.54) is 38.4 Å². The summed E-state index contributed by atoms with van der Waals surface area (Å²) in [5.74, 6) is -0.181. The highest BCUT2D eigenvalue weighted by Gasteiger charge is 2.26. The maximum Gasteiger partial charge on any atom is 0.410 e. The maximum absolute atomic E-state index is 12.8. The van der Waals surface area contributed by atoms with Gasteiger partial charge in [0.25, 0.3) is 5.91 Å². The molecule has 0 saturated carbocycles. The minimum atomic E-state index is -3.53. The summed E-state index contributed by atoms with van der Waals surface area (Å²) in [6.45, 7) is 7.30. The minimum absolute atomic E-state index is 0.140. The second-order valence-electron chi connectivity index (χ2n) is 7.92. The highest BCUT2D eigenvalue weighted by molar-refractivity contribution is 7.89. The lowest BCUT2D eigenvalue weighted by molar-refractivity contribution is 0.0255. The van der Waals surface area contributed by atoms with E-state index in [2.05, 4.69) is 0 Å². The van der Waals surface area contributed by atoms with E-state index in [-0.39, 0.29) is 16.9 Å². The average Bonchev–Trinajstić information content (AvgIpc) is 2.86. The van der Waals surface area contributed by atoms with E-state index < -0.39 is 15.6 Å². The zero-order valence-electron chi connectivity index (χ0n) is 17.1.